The lowest BCUT2D eigenvalue weighted by Gasteiger charge is -2.29. The average Bonchev–Trinajstić information content (AvgIpc) is 2.74. The number of methoxy groups -OCH3 is 1. The van der Waals surface area contributed by atoms with E-state index >= 15 is 0 Å². The van der Waals surface area contributed by atoms with Crippen LogP contribution in [0.3, 0.4) is 0 Å². The van der Waals surface area contributed by atoms with E-state index in [1.54, 1.807) is 0 Å². The predicted molar refractivity (Wildman–Crippen MR) is 65.3 cm³/mol. The first-order valence-corrected chi connectivity index (χ1v) is 6.37. The van der Waals surface area contributed by atoms with Crippen LogP contribution in [0.2, 0.25) is 0 Å². The monoisotopic (exact) mass is 227 g/mol. The fraction of sp³-hybridized carbons (Fsp3) is 0.923. The number of hydrogen-bond acceptors (Lipinski definition) is 3. The van der Waals surface area contributed by atoms with Crippen molar-refractivity contribution in [2.75, 3.05) is 20.2 Å². The van der Waals surface area contributed by atoms with Crippen LogP contribution in [0.25, 0.3) is 0 Å². The van der Waals surface area contributed by atoms with Gasteiger partial charge in [-0.25, -0.2) is 0 Å². The summed E-state index contributed by atoms with van der Waals surface area (Å²) in [6.07, 6.45) is 4.27. The van der Waals surface area contributed by atoms with Crippen molar-refractivity contribution in [3.63, 3.8) is 0 Å². The smallest absolute Gasteiger partial charge is 0.307 e. The molecule has 1 aliphatic heterocycles. The number of ether oxygens (including phenoxy) is 1. The van der Waals surface area contributed by atoms with Crippen molar-refractivity contribution in [2.24, 2.45) is 5.41 Å². The molecule has 1 saturated heterocycles. The molecular formula is C13H25NO2. The van der Waals surface area contributed by atoms with Crippen LogP contribution in [0.1, 0.15) is 46.5 Å². The van der Waals surface area contributed by atoms with Crippen molar-refractivity contribution >= 4 is 5.97 Å². The minimum atomic E-state index is -0.0991. The topological polar surface area (TPSA) is 29.5 Å². The Balaban J connectivity index is 2.49. The molecule has 0 saturated carbocycles. The van der Waals surface area contributed by atoms with E-state index in [0.717, 1.165) is 13.1 Å². The van der Waals surface area contributed by atoms with Gasteiger partial charge < -0.3 is 4.74 Å². The Bertz CT molecular complexity index is 236. The highest BCUT2D eigenvalue weighted by atomic mass is 16.5. The van der Waals surface area contributed by atoms with Crippen molar-refractivity contribution in [3.8, 4) is 0 Å². The third-order valence-electron chi connectivity index (χ3n) is 4.28. The van der Waals surface area contributed by atoms with Crippen LogP contribution >= 0.6 is 0 Å². The van der Waals surface area contributed by atoms with Gasteiger partial charge in [-0.1, -0.05) is 13.8 Å². The number of esters is 1. The van der Waals surface area contributed by atoms with E-state index in [-0.39, 0.29) is 5.97 Å². The second-order valence-corrected chi connectivity index (χ2v) is 5.06. The van der Waals surface area contributed by atoms with E-state index in [1.807, 2.05) is 0 Å². The summed E-state index contributed by atoms with van der Waals surface area (Å²) in [5.74, 6) is -0.0991. The van der Waals surface area contributed by atoms with E-state index in [1.165, 1.54) is 26.4 Å². The van der Waals surface area contributed by atoms with Crippen molar-refractivity contribution in [1.29, 1.82) is 0 Å². The van der Waals surface area contributed by atoms with Crippen molar-refractivity contribution in [1.82, 2.24) is 4.90 Å². The molecular weight excluding hydrogens is 202 g/mol. The Morgan fingerprint density at radius 2 is 2.06 bits per heavy atom. The summed E-state index contributed by atoms with van der Waals surface area (Å²) >= 11 is 0. The van der Waals surface area contributed by atoms with E-state index < -0.39 is 0 Å². The van der Waals surface area contributed by atoms with Crippen LogP contribution in [0.15, 0.2) is 0 Å². The second kappa shape index (κ2) is 5.67. The fourth-order valence-corrected chi connectivity index (χ4v) is 2.63. The van der Waals surface area contributed by atoms with Gasteiger partial charge in [0.25, 0.3) is 0 Å². The summed E-state index contributed by atoms with van der Waals surface area (Å²) in [6.45, 7) is 8.94. The molecule has 1 rings (SSSR count). The normalized spacial score (nSPS) is 22.0. The van der Waals surface area contributed by atoms with Crippen molar-refractivity contribution < 1.29 is 9.53 Å². The zero-order valence-corrected chi connectivity index (χ0v) is 11.1. The first kappa shape index (κ1) is 13.5. The molecule has 3 nitrogen and oxygen atoms in total. The van der Waals surface area contributed by atoms with Gasteiger partial charge >= 0.3 is 5.97 Å². The summed E-state index contributed by atoms with van der Waals surface area (Å²) in [5, 5.41) is 0. The molecule has 94 valence electrons. The van der Waals surface area contributed by atoms with Crippen LogP contribution in [0, 0.1) is 5.41 Å². The highest BCUT2D eigenvalue weighted by Gasteiger charge is 2.36. The number of nitrogens with zero attached hydrogens (tertiary/aromatic N) is 1. The lowest BCUT2D eigenvalue weighted by Crippen LogP contribution is -2.35. The van der Waals surface area contributed by atoms with Gasteiger partial charge in [0, 0.05) is 12.6 Å². The Hall–Kier alpha value is -0.570. The largest absolute Gasteiger partial charge is 0.469 e. The van der Waals surface area contributed by atoms with Gasteiger partial charge in [0.15, 0.2) is 0 Å². The van der Waals surface area contributed by atoms with Crippen LogP contribution in [0.4, 0.5) is 0 Å². The van der Waals surface area contributed by atoms with Gasteiger partial charge in [0.05, 0.1) is 13.5 Å². The summed E-state index contributed by atoms with van der Waals surface area (Å²) in [4.78, 5) is 13.7. The Labute approximate surface area is 99.1 Å². The lowest BCUT2D eigenvalue weighted by molar-refractivity contribution is -0.141. The molecule has 1 unspecified atom stereocenters. The quantitative estimate of drug-likeness (QED) is 0.676. The van der Waals surface area contributed by atoms with E-state index in [2.05, 4.69) is 25.7 Å². The molecule has 1 heterocycles. The molecule has 1 aliphatic rings. The molecule has 0 radical (unpaired) electrons. The van der Waals surface area contributed by atoms with Crippen LogP contribution in [-0.4, -0.2) is 37.1 Å². The van der Waals surface area contributed by atoms with Crippen LogP contribution in [0.5, 0.6) is 0 Å². The van der Waals surface area contributed by atoms with Gasteiger partial charge in [-0.2, -0.15) is 0 Å². The SMILES string of the molecule is CCC1(CC)CCN(C(C)CC(=O)OC)C1. The van der Waals surface area contributed by atoms with Crippen molar-refractivity contribution in [2.45, 2.75) is 52.5 Å². The third kappa shape index (κ3) is 2.97. The Morgan fingerprint density at radius 1 is 1.44 bits per heavy atom. The van der Waals surface area contributed by atoms with Gasteiger partial charge in [-0.3, -0.25) is 9.69 Å². The van der Waals surface area contributed by atoms with Gasteiger partial charge in [0.2, 0.25) is 0 Å². The molecule has 0 bridgehead atoms. The Kier molecular flexibility index (Phi) is 4.78. The maximum Gasteiger partial charge on any atom is 0.307 e. The molecule has 0 N–H and O–H groups in total. The molecule has 0 aromatic carbocycles. The highest BCUT2D eigenvalue weighted by molar-refractivity contribution is 5.69. The van der Waals surface area contributed by atoms with Crippen LogP contribution < -0.4 is 0 Å². The first-order valence-electron chi connectivity index (χ1n) is 6.37. The average molecular weight is 227 g/mol. The fourth-order valence-electron chi connectivity index (χ4n) is 2.63. The maximum atomic E-state index is 11.2. The van der Waals surface area contributed by atoms with Gasteiger partial charge in [-0.05, 0) is 38.1 Å². The zero-order valence-electron chi connectivity index (χ0n) is 11.1. The number of rotatable bonds is 5. The summed E-state index contributed by atoms with van der Waals surface area (Å²) in [5.41, 5.74) is 0.490. The maximum absolute atomic E-state index is 11.2. The first-order chi connectivity index (χ1) is 7.56. The molecule has 1 atom stereocenters. The predicted octanol–water partition coefficient (Wildman–Crippen LogP) is 2.45. The minimum Gasteiger partial charge on any atom is -0.469 e. The number of carbonyl (C=O) groups is 1. The van der Waals surface area contributed by atoms with Gasteiger partial charge in [0.1, 0.15) is 0 Å². The Morgan fingerprint density at radius 3 is 2.50 bits per heavy atom. The van der Waals surface area contributed by atoms with E-state index in [0.29, 0.717) is 17.9 Å². The molecule has 1 fully saturated rings. The third-order valence-corrected chi connectivity index (χ3v) is 4.28. The summed E-state index contributed by atoms with van der Waals surface area (Å²) in [6, 6.07) is 0.312. The molecule has 0 amide bonds. The molecule has 0 spiro atoms. The molecule has 16 heavy (non-hydrogen) atoms. The second-order valence-electron chi connectivity index (χ2n) is 5.06. The standard InChI is InChI=1S/C13H25NO2/c1-5-13(6-2)7-8-14(10-13)11(3)9-12(15)16-4/h11H,5-10H2,1-4H3. The highest BCUT2D eigenvalue weighted by Crippen LogP contribution is 2.37. The molecule has 0 aliphatic carbocycles. The molecule has 0 aromatic rings. The van der Waals surface area contributed by atoms with Crippen LogP contribution in [-0.2, 0) is 9.53 Å². The van der Waals surface area contributed by atoms with Crippen molar-refractivity contribution in [3.05, 3.63) is 0 Å². The number of hydrogen-bond donors (Lipinski definition) is 0. The summed E-state index contributed by atoms with van der Waals surface area (Å²) in [7, 11) is 1.46. The zero-order chi connectivity index (χ0) is 12.2. The minimum absolute atomic E-state index is 0.0991. The van der Waals surface area contributed by atoms with Gasteiger partial charge in [-0.15, -0.1) is 0 Å². The van der Waals surface area contributed by atoms with E-state index in [9.17, 15) is 4.79 Å². The number of likely N-dealkylation sites (tertiary alicyclic amines) is 1. The molecule has 3 heteroatoms. The molecule has 0 aromatic heterocycles. The van der Waals surface area contributed by atoms with E-state index in [4.69, 9.17) is 4.74 Å². The lowest BCUT2D eigenvalue weighted by atomic mass is 9.82. The summed E-state index contributed by atoms with van der Waals surface area (Å²) < 4.78 is 4.72. The number of carbonyl (C=O) groups excluding carboxylic acids is 1.